The Balaban J connectivity index is 1.51. The highest BCUT2D eigenvalue weighted by molar-refractivity contribution is 7.21. The zero-order valence-electron chi connectivity index (χ0n) is 15.4. The Bertz CT molecular complexity index is 1250. The average molecular weight is 436 g/mol. The smallest absolute Gasteiger partial charge is 0.355 e. The normalized spacial score (nSPS) is 11.0. The number of hydrogen-bond donors (Lipinski definition) is 1. The first-order valence-electron chi connectivity index (χ1n) is 8.85. The summed E-state index contributed by atoms with van der Waals surface area (Å²) < 4.78 is 6.46. The molecule has 0 fully saturated rings. The number of nitrogens with zero attached hydrogens (tertiary/aromatic N) is 2. The van der Waals surface area contributed by atoms with Crippen LogP contribution in [0.2, 0.25) is 5.02 Å². The lowest BCUT2D eigenvalue weighted by Crippen LogP contribution is -2.17. The molecule has 2 aromatic carbocycles. The predicted molar refractivity (Wildman–Crippen MR) is 118 cm³/mol. The molecule has 4 rings (SSSR count). The van der Waals surface area contributed by atoms with Gasteiger partial charge in [0.05, 0.1) is 11.2 Å². The van der Waals surface area contributed by atoms with Gasteiger partial charge >= 0.3 is 5.97 Å². The van der Waals surface area contributed by atoms with E-state index in [1.807, 2.05) is 24.3 Å². The SMILES string of the molecule is O=C(N/N=C\c1ccccc1OC(=O)c1sc2ccccc2c1Cl)c1ccncc1. The second-order valence-corrected chi connectivity index (χ2v) is 7.53. The van der Waals surface area contributed by atoms with Gasteiger partial charge in [-0.15, -0.1) is 11.3 Å². The first kappa shape index (κ1) is 19.8. The molecule has 0 aliphatic heterocycles. The van der Waals surface area contributed by atoms with Crippen molar-refractivity contribution < 1.29 is 14.3 Å². The molecule has 1 amide bonds. The Morgan fingerprint density at radius 2 is 1.77 bits per heavy atom. The first-order chi connectivity index (χ1) is 14.6. The third kappa shape index (κ3) is 4.22. The lowest BCUT2D eigenvalue weighted by molar-refractivity contribution is 0.0739. The summed E-state index contributed by atoms with van der Waals surface area (Å²) in [4.78, 5) is 29.0. The van der Waals surface area contributed by atoms with Gasteiger partial charge in [-0.3, -0.25) is 9.78 Å². The maximum atomic E-state index is 12.7. The Morgan fingerprint density at radius 1 is 1.03 bits per heavy atom. The highest BCUT2D eigenvalue weighted by Gasteiger charge is 2.19. The molecular weight excluding hydrogens is 422 g/mol. The van der Waals surface area contributed by atoms with E-state index in [0.29, 0.717) is 26.8 Å². The number of carbonyl (C=O) groups excluding carboxylic acids is 2. The molecule has 148 valence electrons. The number of hydrazone groups is 1. The summed E-state index contributed by atoms with van der Waals surface area (Å²) in [5.41, 5.74) is 3.39. The molecule has 8 heteroatoms. The van der Waals surface area contributed by atoms with E-state index in [1.165, 1.54) is 29.9 Å². The summed E-state index contributed by atoms with van der Waals surface area (Å²) in [5.74, 6) is -0.624. The van der Waals surface area contributed by atoms with Crippen LogP contribution in [-0.2, 0) is 0 Å². The van der Waals surface area contributed by atoms with E-state index in [1.54, 1.807) is 36.4 Å². The first-order valence-corrected chi connectivity index (χ1v) is 10.0. The van der Waals surface area contributed by atoms with Gasteiger partial charge < -0.3 is 4.74 Å². The summed E-state index contributed by atoms with van der Waals surface area (Å²) in [6.07, 6.45) is 4.45. The number of benzene rings is 2. The number of nitrogens with one attached hydrogen (secondary N) is 1. The molecule has 2 heterocycles. The predicted octanol–water partition coefficient (Wildman–Crippen LogP) is 4.93. The second-order valence-electron chi connectivity index (χ2n) is 6.10. The van der Waals surface area contributed by atoms with Gasteiger partial charge in [-0.2, -0.15) is 5.10 Å². The molecule has 0 unspecified atom stereocenters. The summed E-state index contributed by atoms with van der Waals surface area (Å²) in [6.45, 7) is 0. The lowest BCUT2D eigenvalue weighted by atomic mass is 10.2. The zero-order chi connectivity index (χ0) is 20.9. The van der Waals surface area contributed by atoms with Crippen LogP contribution in [0, 0.1) is 0 Å². The van der Waals surface area contributed by atoms with Crippen molar-refractivity contribution in [3.8, 4) is 5.75 Å². The molecule has 0 atom stereocenters. The van der Waals surface area contributed by atoms with E-state index in [-0.39, 0.29) is 5.91 Å². The minimum Gasteiger partial charge on any atom is -0.422 e. The number of rotatable bonds is 5. The van der Waals surface area contributed by atoms with Gasteiger partial charge in [-0.1, -0.05) is 41.9 Å². The molecule has 0 radical (unpaired) electrons. The molecule has 2 aromatic heterocycles. The topological polar surface area (TPSA) is 80.6 Å². The van der Waals surface area contributed by atoms with Crippen molar-refractivity contribution in [2.75, 3.05) is 0 Å². The van der Waals surface area contributed by atoms with E-state index in [4.69, 9.17) is 16.3 Å². The van der Waals surface area contributed by atoms with Gasteiger partial charge in [0.1, 0.15) is 10.6 Å². The number of pyridine rings is 1. The van der Waals surface area contributed by atoms with Crippen molar-refractivity contribution in [1.29, 1.82) is 0 Å². The molecule has 0 bridgehead atoms. The van der Waals surface area contributed by atoms with Crippen LogP contribution in [0.5, 0.6) is 5.75 Å². The quantitative estimate of drug-likeness (QED) is 0.208. The number of ether oxygens (including phenoxy) is 1. The van der Waals surface area contributed by atoms with Crippen molar-refractivity contribution >= 4 is 51.1 Å². The van der Waals surface area contributed by atoms with Crippen molar-refractivity contribution in [1.82, 2.24) is 10.4 Å². The number of amides is 1. The van der Waals surface area contributed by atoms with Crippen LogP contribution >= 0.6 is 22.9 Å². The van der Waals surface area contributed by atoms with Crippen molar-refractivity contribution in [2.45, 2.75) is 0 Å². The lowest BCUT2D eigenvalue weighted by Gasteiger charge is -2.06. The number of halogens is 1. The Labute approximate surface area is 180 Å². The number of para-hydroxylation sites is 1. The summed E-state index contributed by atoms with van der Waals surface area (Å²) in [7, 11) is 0. The van der Waals surface area contributed by atoms with Crippen molar-refractivity contribution in [3.63, 3.8) is 0 Å². The van der Waals surface area contributed by atoms with Crippen LogP contribution in [0.4, 0.5) is 0 Å². The largest absolute Gasteiger partial charge is 0.422 e. The Kier molecular flexibility index (Phi) is 5.83. The van der Waals surface area contributed by atoms with Gasteiger partial charge in [0.15, 0.2) is 0 Å². The highest BCUT2D eigenvalue weighted by Crippen LogP contribution is 2.35. The molecule has 1 N–H and O–H groups in total. The number of esters is 1. The number of hydrogen-bond acceptors (Lipinski definition) is 6. The Morgan fingerprint density at radius 3 is 2.57 bits per heavy atom. The monoisotopic (exact) mass is 435 g/mol. The standard InChI is InChI=1S/C22H14ClN3O3S/c23-19-16-6-2-4-8-18(16)30-20(19)22(28)29-17-7-3-1-5-15(17)13-25-26-21(27)14-9-11-24-12-10-14/h1-13H,(H,26,27)/b25-13-. The molecule has 30 heavy (non-hydrogen) atoms. The van der Waals surface area contributed by atoms with Gasteiger partial charge in [-0.25, -0.2) is 10.2 Å². The number of aromatic nitrogens is 1. The van der Waals surface area contributed by atoms with Crippen LogP contribution in [0.1, 0.15) is 25.6 Å². The maximum absolute atomic E-state index is 12.7. The van der Waals surface area contributed by atoms with Crippen LogP contribution < -0.4 is 10.2 Å². The van der Waals surface area contributed by atoms with E-state index in [0.717, 1.165) is 10.1 Å². The minimum atomic E-state index is -0.553. The third-order valence-corrected chi connectivity index (χ3v) is 5.81. The molecule has 0 saturated heterocycles. The molecule has 4 aromatic rings. The molecule has 0 spiro atoms. The maximum Gasteiger partial charge on any atom is 0.355 e. The zero-order valence-corrected chi connectivity index (χ0v) is 17.0. The summed E-state index contributed by atoms with van der Waals surface area (Å²) in [6, 6.07) is 17.5. The number of carbonyl (C=O) groups is 2. The highest BCUT2D eigenvalue weighted by atomic mass is 35.5. The van der Waals surface area contributed by atoms with E-state index >= 15 is 0 Å². The molecular formula is C22H14ClN3O3S. The van der Waals surface area contributed by atoms with Crippen LogP contribution in [-0.4, -0.2) is 23.1 Å². The van der Waals surface area contributed by atoms with Crippen LogP contribution in [0.3, 0.4) is 0 Å². The van der Waals surface area contributed by atoms with Crippen molar-refractivity contribution in [2.24, 2.45) is 5.10 Å². The summed E-state index contributed by atoms with van der Waals surface area (Å²) in [5, 5.41) is 5.13. The van der Waals surface area contributed by atoms with Gasteiger partial charge in [0.2, 0.25) is 0 Å². The van der Waals surface area contributed by atoms with E-state index in [9.17, 15) is 9.59 Å². The minimum absolute atomic E-state index is 0.304. The number of fused-ring (bicyclic) bond motifs is 1. The molecule has 6 nitrogen and oxygen atoms in total. The van der Waals surface area contributed by atoms with Gasteiger partial charge in [0, 0.05) is 33.6 Å². The fraction of sp³-hybridized carbons (Fsp3) is 0. The van der Waals surface area contributed by atoms with Crippen molar-refractivity contribution in [3.05, 3.63) is 94.1 Å². The van der Waals surface area contributed by atoms with Gasteiger partial charge in [-0.05, 0) is 30.3 Å². The second kappa shape index (κ2) is 8.86. The molecule has 0 saturated carbocycles. The van der Waals surface area contributed by atoms with E-state index in [2.05, 4.69) is 15.5 Å². The number of thiophene rings is 1. The van der Waals surface area contributed by atoms with Gasteiger partial charge in [0.25, 0.3) is 5.91 Å². The fourth-order valence-corrected chi connectivity index (χ4v) is 4.08. The molecule has 0 aliphatic carbocycles. The van der Waals surface area contributed by atoms with Crippen LogP contribution in [0.15, 0.2) is 78.2 Å². The third-order valence-electron chi connectivity index (χ3n) is 4.15. The fourth-order valence-electron chi connectivity index (χ4n) is 2.70. The molecule has 0 aliphatic rings. The average Bonchev–Trinajstić information content (AvgIpc) is 3.12. The summed E-state index contributed by atoms with van der Waals surface area (Å²) >= 11 is 7.64. The van der Waals surface area contributed by atoms with Crippen LogP contribution in [0.25, 0.3) is 10.1 Å². The Hall–Kier alpha value is -3.55. The van der Waals surface area contributed by atoms with E-state index < -0.39 is 5.97 Å².